The van der Waals surface area contributed by atoms with E-state index in [2.05, 4.69) is 27.2 Å². The van der Waals surface area contributed by atoms with Gasteiger partial charge in [0, 0.05) is 36.9 Å². The van der Waals surface area contributed by atoms with Crippen LogP contribution >= 0.6 is 11.6 Å². The molecule has 1 aromatic heterocycles. The quantitative estimate of drug-likeness (QED) is 0.788. The van der Waals surface area contributed by atoms with E-state index in [9.17, 15) is 0 Å². The van der Waals surface area contributed by atoms with Gasteiger partial charge in [0.1, 0.15) is 5.76 Å². The molecule has 23 heavy (non-hydrogen) atoms. The number of hydrogen-bond acceptors (Lipinski definition) is 4. The smallest absolute Gasteiger partial charge is 0.117 e. The first-order valence-electron chi connectivity index (χ1n) is 8.27. The van der Waals surface area contributed by atoms with Crippen molar-refractivity contribution in [1.82, 2.24) is 10.2 Å². The van der Waals surface area contributed by atoms with E-state index >= 15 is 0 Å². The lowest BCUT2D eigenvalue weighted by Gasteiger charge is -2.36. The van der Waals surface area contributed by atoms with Gasteiger partial charge in [-0.2, -0.15) is 0 Å². The van der Waals surface area contributed by atoms with Crippen LogP contribution in [0.2, 0.25) is 5.02 Å². The predicted octanol–water partition coefficient (Wildman–Crippen LogP) is 3.23. The molecule has 1 aliphatic rings. The number of halogens is 1. The number of rotatable bonds is 7. The SMILES string of the molecule is Clc1cccc(N2CCN(CCCNCc3ccco3)CC2)c1. The fourth-order valence-electron chi connectivity index (χ4n) is 2.95. The normalized spacial score (nSPS) is 16.0. The van der Waals surface area contributed by atoms with Gasteiger partial charge in [-0.3, -0.25) is 4.90 Å². The predicted molar refractivity (Wildman–Crippen MR) is 95.1 cm³/mol. The molecule has 124 valence electrons. The van der Waals surface area contributed by atoms with Crippen molar-refractivity contribution in [1.29, 1.82) is 0 Å². The Bertz CT molecular complexity index is 580. The number of anilines is 1. The topological polar surface area (TPSA) is 31.6 Å². The third-order valence-electron chi connectivity index (χ3n) is 4.25. The zero-order valence-corrected chi connectivity index (χ0v) is 14.1. The number of nitrogens with one attached hydrogen (secondary N) is 1. The molecule has 2 heterocycles. The first kappa shape index (κ1) is 16.4. The average Bonchev–Trinajstić information content (AvgIpc) is 3.08. The molecule has 0 aliphatic carbocycles. The van der Waals surface area contributed by atoms with Crippen LogP contribution in [0, 0.1) is 0 Å². The Morgan fingerprint density at radius 1 is 1.09 bits per heavy atom. The number of piperazine rings is 1. The molecule has 5 heteroatoms. The van der Waals surface area contributed by atoms with Crippen molar-refractivity contribution in [2.75, 3.05) is 44.2 Å². The van der Waals surface area contributed by atoms with Crippen LogP contribution in [0.25, 0.3) is 0 Å². The third kappa shape index (κ3) is 4.99. The number of benzene rings is 1. The van der Waals surface area contributed by atoms with Gasteiger partial charge in [0.2, 0.25) is 0 Å². The third-order valence-corrected chi connectivity index (χ3v) is 4.49. The van der Waals surface area contributed by atoms with E-state index < -0.39 is 0 Å². The van der Waals surface area contributed by atoms with E-state index in [1.165, 1.54) is 5.69 Å². The zero-order valence-electron chi connectivity index (χ0n) is 13.4. The van der Waals surface area contributed by atoms with Gasteiger partial charge in [-0.25, -0.2) is 0 Å². The van der Waals surface area contributed by atoms with Gasteiger partial charge in [-0.05, 0) is 49.8 Å². The van der Waals surface area contributed by atoms with Crippen LogP contribution in [0.15, 0.2) is 47.1 Å². The number of furan rings is 1. The van der Waals surface area contributed by atoms with Gasteiger partial charge in [0.25, 0.3) is 0 Å². The van der Waals surface area contributed by atoms with Crippen LogP contribution in [0.1, 0.15) is 12.2 Å². The van der Waals surface area contributed by atoms with Crippen LogP contribution in [0.5, 0.6) is 0 Å². The Hall–Kier alpha value is -1.49. The summed E-state index contributed by atoms with van der Waals surface area (Å²) in [6, 6.07) is 12.1. The fourth-order valence-corrected chi connectivity index (χ4v) is 3.14. The average molecular weight is 334 g/mol. The van der Waals surface area contributed by atoms with Crippen LogP contribution in [-0.2, 0) is 6.54 Å². The van der Waals surface area contributed by atoms with Crippen molar-refractivity contribution >= 4 is 17.3 Å². The van der Waals surface area contributed by atoms with Gasteiger partial charge < -0.3 is 14.6 Å². The second kappa shape index (κ2) is 8.39. The van der Waals surface area contributed by atoms with Crippen LogP contribution in [0.4, 0.5) is 5.69 Å². The highest BCUT2D eigenvalue weighted by Crippen LogP contribution is 2.20. The summed E-state index contributed by atoms with van der Waals surface area (Å²) < 4.78 is 5.30. The molecule has 1 aromatic carbocycles. The van der Waals surface area contributed by atoms with Gasteiger partial charge in [-0.15, -0.1) is 0 Å². The summed E-state index contributed by atoms with van der Waals surface area (Å²) in [5.74, 6) is 1.00. The molecule has 0 bridgehead atoms. The summed E-state index contributed by atoms with van der Waals surface area (Å²) in [7, 11) is 0. The summed E-state index contributed by atoms with van der Waals surface area (Å²) in [5.41, 5.74) is 1.23. The largest absolute Gasteiger partial charge is 0.468 e. The minimum absolute atomic E-state index is 0.813. The summed E-state index contributed by atoms with van der Waals surface area (Å²) in [4.78, 5) is 4.95. The monoisotopic (exact) mass is 333 g/mol. The maximum atomic E-state index is 6.08. The summed E-state index contributed by atoms with van der Waals surface area (Å²) in [6.07, 6.45) is 2.88. The van der Waals surface area contributed by atoms with Crippen molar-refractivity contribution in [3.8, 4) is 0 Å². The molecule has 0 radical (unpaired) electrons. The van der Waals surface area contributed by atoms with Gasteiger partial charge in [-0.1, -0.05) is 17.7 Å². The van der Waals surface area contributed by atoms with Gasteiger partial charge in [0.05, 0.1) is 12.8 Å². The van der Waals surface area contributed by atoms with Gasteiger partial charge in [0.15, 0.2) is 0 Å². The van der Waals surface area contributed by atoms with E-state index in [-0.39, 0.29) is 0 Å². The Kier molecular flexibility index (Phi) is 5.97. The summed E-state index contributed by atoms with van der Waals surface area (Å²) in [5, 5.41) is 4.24. The Morgan fingerprint density at radius 2 is 1.96 bits per heavy atom. The molecule has 0 amide bonds. The second-order valence-electron chi connectivity index (χ2n) is 5.92. The molecule has 1 fully saturated rings. The van der Waals surface area contributed by atoms with E-state index in [4.69, 9.17) is 16.0 Å². The minimum Gasteiger partial charge on any atom is -0.468 e. The Balaban J connectivity index is 1.31. The molecule has 0 atom stereocenters. The second-order valence-corrected chi connectivity index (χ2v) is 6.35. The molecule has 2 aromatic rings. The fraction of sp³-hybridized carbons (Fsp3) is 0.444. The highest BCUT2D eigenvalue weighted by Gasteiger charge is 2.16. The van der Waals surface area contributed by atoms with Gasteiger partial charge >= 0.3 is 0 Å². The molecular formula is C18H24ClN3O. The molecule has 1 saturated heterocycles. The molecule has 0 spiro atoms. The molecule has 0 saturated carbocycles. The zero-order chi connectivity index (χ0) is 15.9. The first-order chi connectivity index (χ1) is 11.3. The molecule has 4 nitrogen and oxygen atoms in total. The van der Waals surface area contributed by atoms with E-state index in [0.29, 0.717) is 0 Å². The minimum atomic E-state index is 0.813. The Morgan fingerprint density at radius 3 is 2.70 bits per heavy atom. The summed E-state index contributed by atoms with van der Waals surface area (Å²) >= 11 is 6.08. The lowest BCUT2D eigenvalue weighted by Crippen LogP contribution is -2.47. The highest BCUT2D eigenvalue weighted by molar-refractivity contribution is 6.30. The summed E-state index contributed by atoms with van der Waals surface area (Å²) in [6.45, 7) is 7.36. The van der Waals surface area contributed by atoms with E-state index in [1.54, 1.807) is 6.26 Å². The van der Waals surface area contributed by atoms with Crippen molar-refractivity contribution in [3.63, 3.8) is 0 Å². The van der Waals surface area contributed by atoms with E-state index in [1.807, 2.05) is 24.3 Å². The lowest BCUT2D eigenvalue weighted by atomic mass is 10.2. The molecule has 3 rings (SSSR count). The van der Waals surface area contributed by atoms with Crippen molar-refractivity contribution in [3.05, 3.63) is 53.4 Å². The Labute approximate surface area is 143 Å². The standard InChI is InChI=1S/C18H24ClN3O/c19-16-4-1-5-17(14-16)22-11-9-21(10-12-22)8-3-7-20-15-18-6-2-13-23-18/h1-2,4-6,13-14,20H,3,7-12,15H2. The van der Waals surface area contributed by atoms with Crippen LogP contribution in [-0.4, -0.2) is 44.2 Å². The van der Waals surface area contributed by atoms with Crippen LogP contribution in [0.3, 0.4) is 0 Å². The van der Waals surface area contributed by atoms with Crippen LogP contribution < -0.4 is 10.2 Å². The molecule has 1 N–H and O–H groups in total. The molecule has 1 aliphatic heterocycles. The molecule has 0 unspecified atom stereocenters. The highest BCUT2D eigenvalue weighted by atomic mass is 35.5. The maximum absolute atomic E-state index is 6.08. The van der Waals surface area contributed by atoms with Crippen molar-refractivity contribution in [2.45, 2.75) is 13.0 Å². The number of nitrogens with zero attached hydrogens (tertiary/aromatic N) is 2. The lowest BCUT2D eigenvalue weighted by molar-refractivity contribution is 0.253. The maximum Gasteiger partial charge on any atom is 0.117 e. The van der Waals surface area contributed by atoms with Crippen molar-refractivity contribution < 1.29 is 4.42 Å². The first-order valence-corrected chi connectivity index (χ1v) is 8.65. The van der Waals surface area contributed by atoms with E-state index in [0.717, 1.165) is 63.0 Å². The molecular weight excluding hydrogens is 310 g/mol. The van der Waals surface area contributed by atoms with Crippen molar-refractivity contribution in [2.24, 2.45) is 0 Å². The number of hydrogen-bond donors (Lipinski definition) is 1.